The van der Waals surface area contributed by atoms with E-state index in [0.29, 0.717) is 40.1 Å². The summed E-state index contributed by atoms with van der Waals surface area (Å²) in [4.78, 5) is 39.0. The summed E-state index contributed by atoms with van der Waals surface area (Å²) in [6.07, 6.45) is 2.21. The summed E-state index contributed by atoms with van der Waals surface area (Å²) in [6.45, 7) is 4.30. The number of nitrogens with zero attached hydrogens (tertiary/aromatic N) is 1. The van der Waals surface area contributed by atoms with Crippen LogP contribution in [0.1, 0.15) is 57.3 Å². The van der Waals surface area contributed by atoms with Crippen molar-refractivity contribution in [1.29, 1.82) is 0 Å². The molecule has 8 nitrogen and oxygen atoms in total. The Kier molecular flexibility index (Phi) is 13.1. The first-order chi connectivity index (χ1) is 27.1. The number of carbonyl (C=O) groups is 3. The fourth-order valence-corrected chi connectivity index (χ4v) is 6.56. The molecule has 5 aromatic carbocycles. The van der Waals surface area contributed by atoms with Gasteiger partial charge in [0.05, 0.1) is 23.9 Å². The largest absolute Gasteiger partial charge is 0.488 e. The van der Waals surface area contributed by atoms with Gasteiger partial charge in [-0.2, -0.15) is 0 Å². The van der Waals surface area contributed by atoms with Crippen molar-refractivity contribution in [2.45, 2.75) is 39.9 Å². The SMILES string of the molecule is CC(=O)CCC(=O)c1cc(Cl)ccc1OCc1ccccc1.COC(=O)c1cc(-n2c(C)ccc2-c2cc(Cl)ccc2OCc2ccccc2)cc2[nH]ccc12. The average molecular weight is 788 g/mol. The zero-order valence-corrected chi connectivity index (χ0v) is 32.7. The van der Waals surface area contributed by atoms with Crippen LogP contribution in [0.25, 0.3) is 27.8 Å². The Labute approximate surface area is 335 Å². The highest BCUT2D eigenvalue weighted by Gasteiger charge is 2.19. The zero-order chi connectivity index (χ0) is 39.6. The van der Waals surface area contributed by atoms with Crippen LogP contribution in [-0.2, 0) is 22.7 Å². The first kappa shape index (κ1) is 39.6. The van der Waals surface area contributed by atoms with Crippen LogP contribution >= 0.6 is 23.2 Å². The molecule has 0 aliphatic carbocycles. The molecule has 2 heterocycles. The van der Waals surface area contributed by atoms with Gasteiger partial charge in [-0.05, 0) is 91.7 Å². The summed E-state index contributed by atoms with van der Waals surface area (Å²) in [6, 6.07) is 40.1. The Morgan fingerprint density at radius 2 is 1.30 bits per heavy atom. The molecule has 7 rings (SSSR count). The van der Waals surface area contributed by atoms with Crippen molar-refractivity contribution in [2.24, 2.45) is 0 Å². The summed E-state index contributed by atoms with van der Waals surface area (Å²) in [5, 5.41) is 1.90. The number of fused-ring (bicyclic) bond motifs is 1. The zero-order valence-electron chi connectivity index (χ0n) is 31.2. The van der Waals surface area contributed by atoms with Gasteiger partial charge in [0, 0.05) is 56.9 Å². The number of hydrogen-bond acceptors (Lipinski definition) is 6. The summed E-state index contributed by atoms with van der Waals surface area (Å²) >= 11 is 12.4. The number of esters is 1. The van der Waals surface area contributed by atoms with Gasteiger partial charge in [-0.25, -0.2) is 4.79 Å². The van der Waals surface area contributed by atoms with E-state index in [1.54, 1.807) is 18.2 Å². The van der Waals surface area contributed by atoms with Crippen molar-refractivity contribution < 1.29 is 28.6 Å². The molecule has 10 heteroatoms. The molecule has 56 heavy (non-hydrogen) atoms. The Morgan fingerprint density at radius 1 is 0.679 bits per heavy atom. The third-order valence-corrected chi connectivity index (χ3v) is 9.50. The van der Waals surface area contributed by atoms with Crippen molar-refractivity contribution in [3.05, 3.63) is 172 Å². The molecule has 0 aliphatic heterocycles. The third kappa shape index (κ3) is 9.76. The quantitative estimate of drug-likeness (QED) is 0.0923. The van der Waals surface area contributed by atoms with E-state index < -0.39 is 0 Å². The number of carbonyl (C=O) groups excluding carboxylic acids is 3. The fraction of sp³-hybridized carbons (Fsp3) is 0.152. The van der Waals surface area contributed by atoms with Gasteiger partial charge in [-0.15, -0.1) is 0 Å². The number of methoxy groups -OCH3 is 1. The highest BCUT2D eigenvalue weighted by atomic mass is 35.5. The molecular formula is C46H40Cl2N2O6. The van der Waals surface area contributed by atoms with Gasteiger partial charge >= 0.3 is 5.97 Å². The lowest BCUT2D eigenvalue weighted by atomic mass is 10.0. The summed E-state index contributed by atoms with van der Waals surface area (Å²) in [5.41, 5.74) is 7.48. The Morgan fingerprint density at radius 3 is 1.95 bits per heavy atom. The number of aromatic amines is 1. The van der Waals surface area contributed by atoms with Crippen LogP contribution in [0, 0.1) is 6.92 Å². The Balaban J connectivity index is 0.000000209. The van der Waals surface area contributed by atoms with Crippen LogP contribution < -0.4 is 9.47 Å². The van der Waals surface area contributed by atoms with Crippen molar-refractivity contribution in [3.8, 4) is 28.4 Å². The van der Waals surface area contributed by atoms with E-state index in [1.807, 2.05) is 122 Å². The van der Waals surface area contributed by atoms with Crippen molar-refractivity contribution in [1.82, 2.24) is 9.55 Å². The average Bonchev–Trinajstić information content (AvgIpc) is 3.85. The number of halogens is 2. The summed E-state index contributed by atoms with van der Waals surface area (Å²) in [7, 11) is 1.39. The van der Waals surface area contributed by atoms with E-state index in [1.165, 1.54) is 14.0 Å². The van der Waals surface area contributed by atoms with Crippen molar-refractivity contribution in [2.75, 3.05) is 7.11 Å². The molecule has 1 N–H and O–H groups in total. The fourth-order valence-electron chi connectivity index (χ4n) is 6.22. The van der Waals surface area contributed by atoms with Gasteiger partial charge in [-0.3, -0.25) is 4.79 Å². The summed E-state index contributed by atoms with van der Waals surface area (Å²) in [5.74, 6) is 0.680. The first-order valence-corrected chi connectivity index (χ1v) is 18.7. The molecule has 0 atom stereocenters. The van der Waals surface area contributed by atoms with E-state index >= 15 is 0 Å². The van der Waals surface area contributed by atoms with E-state index in [-0.39, 0.29) is 30.4 Å². The van der Waals surface area contributed by atoms with Gasteiger partial charge < -0.3 is 28.6 Å². The monoisotopic (exact) mass is 786 g/mol. The molecule has 2 aromatic heterocycles. The number of nitrogens with one attached hydrogen (secondary N) is 1. The molecule has 0 radical (unpaired) electrons. The lowest BCUT2D eigenvalue weighted by Gasteiger charge is -2.17. The molecule has 0 fully saturated rings. The van der Waals surface area contributed by atoms with Crippen molar-refractivity contribution in [3.63, 3.8) is 0 Å². The van der Waals surface area contributed by atoms with Gasteiger partial charge in [-0.1, -0.05) is 83.9 Å². The second-order valence-electron chi connectivity index (χ2n) is 13.1. The number of hydrogen-bond donors (Lipinski definition) is 1. The molecule has 0 amide bonds. The minimum atomic E-state index is -0.382. The summed E-state index contributed by atoms with van der Waals surface area (Å²) < 4.78 is 19.1. The highest BCUT2D eigenvalue weighted by Crippen LogP contribution is 2.37. The van der Waals surface area contributed by atoms with Crippen LogP contribution in [0.3, 0.4) is 0 Å². The molecule has 284 valence electrons. The van der Waals surface area contributed by atoms with Crippen molar-refractivity contribution >= 4 is 51.6 Å². The Bertz CT molecular complexity index is 2470. The maximum Gasteiger partial charge on any atom is 0.338 e. The van der Waals surface area contributed by atoms with Gasteiger partial charge in [0.1, 0.15) is 30.5 Å². The van der Waals surface area contributed by atoms with E-state index in [9.17, 15) is 14.4 Å². The number of ether oxygens (including phenoxy) is 3. The third-order valence-electron chi connectivity index (χ3n) is 9.03. The number of aromatic nitrogens is 2. The number of benzene rings is 5. The second-order valence-corrected chi connectivity index (χ2v) is 13.9. The topological polar surface area (TPSA) is 99.6 Å². The number of rotatable bonds is 13. The van der Waals surface area contributed by atoms with E-state index in [4.69, 9.17) is 37.4 Å². The lowest BCUT2D eigenvalue weighted by molar-refractivity contribution is -0.117. The van der Waals surface area contributed by atoms with Crippen LogP contribution in [0.2, 0.25) is 10.0 Å². The normalized spacial score (nSPS) is 10.7. The van der Waals surface area contributed by atoms with Gasteiger partial charge in [0.25, 0.3) is 0 Å². The molecule has 7 aromatic rings. The minimum absolute atomic E-state index is 0.0119. The molecule has 0 spiro atoms. The Hall–Kier alpha value is -6.09. The molecule has 0 bridgehead atoms. The van der Waals surface area contributed by atoms with Gasteiger partial charge in [0.15, 0.2) is 5.78 Å². The van der Waals surface area contributed by atoms with E-state index in [2.05, 4.69) is 9.55 Å². The highest BCUT2D eigenvalue weighted by molar-refractivity contribution is 6.31. The van der Waals surface area contributed by atoms with E-state index in [0.717, 1.165) is 50.4 Å². The molecular weight excluding hydrogens is 747 g/mol. The molecule has 0 saturated heterocycles. The van der Waals surface area contributed by atoms with Crippen LogP contribution in [-0.4, -0.2) is 34.2 Å². The second kappa shape index (κ2) is 18.5. The maximum atomic E-state index is 12.5. The van der Waals surface area contributed by atoms with Crippen LogP contribution in [0.4, 0.5) is 0 Å². The minimum Gasteiger partial charge on any atom is -0.488 e. The standard InChI is InChI=1S/C28H23ClN2O3.C18H17ClO3/c1-18-8-10-26(24-14-20(29)9-11-27(24)34-17-19-6-4-3-5-7-19)31(18)21-15-23(28(32)33-2)22-12-13-30-25(22)16-21;1-13(20)7-9-17(21)16-11-15(19)8-10-18(16)22-12-14-5-3-2-4-6-14/h3-16,30H,17H2,1-2H3;2-6,8,10-11H,7,9,12H2,1H3. The predicted molar refractivity (Wildman–Crippen MR) is 221 cm³/mol. The molecule has 0 aliphatic rings. The predicted octanol–water partition coefficient (Wildman–Crippen LogP) is 11.4. The van der Waals surface area contributed by atoms with Crippen LogP contribution in [0.15, 0.2) is 134 Å². The lowest BCUT2D eigenvalue weighted by Crippen LogP contribution is -2.06. The number of H-pyrrole nitrogens is 1. The number of Topliss-reactive ketones (excluding diaryl/α,β-unsaturated/α-hetero) is 2. The number of ketones is 2. The number of aryl methyl sites for hydroxylation is 1. The molecule has 0 unspecified atom stereocenters. The van der Waals surface area contributed by atoms with Gasteiger partial charge in [0.2, 0.25) is 0 Å². The van der Waals surface area contributed by atoms with Crippen LogP contribution in [0.5, 0.6) is 11.5 Å². The maximum absolute atomic E-state index is 12.5. The molecule has 0 saturated carbocycles. The first-order valence-electron chi connectivity index (χ1n) is 17.9. The smallest absolute Gasteiger partial charge is 0.338 e.